The number of sulfonamides is 1. The molecule has 1 saturated carbocycles. The number of halogens is 1. The summed E-state index contributed by atoms with van der Waals surface area (Å²) in [6, 6.07) is 8.18. The summed E-state index contributed by atoms with van der Waals surface area (Å²) in [6.07, 6.45) is 3.01. The highest BCUT2D eigenvalue weighted by atomic mass is 32.2. The fourth-order valence-electron chi connectivity index (χ4n) is 4.12. The van der Waals surface area contributed by atoms with Gasteiger partial charge < -0.3 is 19.7 Å². The van der Waals surface area contributed by atoms with Crippen molar-refractivity contribution in [3.63, 3.8) is 0 Å². The van der Waals surface area contributed by atoms with Crippen molar-refractivity contribution in [2.75, 3.05) is 12.4 Å². The second-order valence-corrected chi connectivity index (χ2v) is 9.57. The van der Waals surface area contributed by atoms with Gasteiger partial charge in [-0.2, -0.15) is 8.42 Å². The molecule has 0 amide bonds. The maximum Gasteiger partial charge on any atom is 0.286 e. The normalized spacial score (nSPS) is 17.2. The minimum absolute atomic E-state index is 0.110. The summed E-state index contributed by atoms with van der Waals surface area (Å²) in [4.78, 5) is 13.4. The van der Waals surface area contributed by atoms with Crippen molar-refractivity contribution in [1.82, 2.24) is 4.57 Å². The van der Waals surface area contributed by atoms with E-state index in [9.17, 15) is 22.7 Å². The van der Waals surface area contributed by atoms with Crippen molar-refractivity contribution in [2.45, 2.75) is 30.7 Å². The lowest BCUT2D eigenvalue weighted by atomic mass is 9.85. The van der Waals surface area contributed by atoms with Gasteiger partial charge in [0, 0.05) is 18.0 Å². The van der Waals surface area contributed by atoms with Gasteiger partial charge in [-0.25, -0.2) is 4.39 Å². The molecule has 0 saturated heterocycles. The van der Waals surface area contributed by atoms with E-state index >= 15 is 0 Å². The molecule has 0 radical (unpaired) electrons. The highest BCUT2D eigenvalue weighted by molar-refractivity contribution is 7.90. The first-order valence-corrected chi connectivity index (χ1v) is 11.6. The molecule has 1 aliphatic carbocycles. The van der Waals surface area contributed by atoms with E-state index in [1.165, 1.54) is 35.9 Å². The van der Waals surface area contributed by atoms with Crippen molar-refractivity contribution in [3.8, 4) is 11.5 Å². The molecule has 32 heavy (non-hydrogen) atoms. The maximum absolute atomic E-state index is 14.0. The Morgan fingerprint density at radius 2 is 2.03 bits per heavy atom. The van der Waals surface area contributed by atoms with Crippen LogP contribution in [0.3, 0.4) is 0 Å². The van der Waals surface area contributed by atoms with Gasteiger partial charge in [-0.1, -0.05) is 6.42 Å². The molecule has 3 aromatic rings. The van der Waals surface area contributed by atoms with Crippen LogP contribution < -0.4 is 15.6 Å². The van der Waals surface area contributed by atoms with Crippen molar-refractivity contribution in [3.05, 3.63) is 58.1 Å². The number of anilines is 1. The molecule has 2 N–H and O–H groups in total. The summed E-state index contributed by atoms with van der Waals surface area (Å²) in [5.74, 6) is -0.793. The van der Waals surface area contributed by atoms with Gasteiger partial charge in [0.2, 0.25) is 0 Å². The summed E-state index contributed by atoms with van der Waals surface area (Å²) in [7, 11) is -2.77. The minimum Gasteiger partial charge on any atom is -0.506 e. The van der Waals surface area contributed by atoms with Gasteiger partial charge in [0.1, 0.15) is 27.8 Å². The number of aromatic nitrogens is 1. The minimum atomic E-state index is -4.18. The zero-order chi connectivity index (χ0) is 22.6. The van der Waals surface area contributed by atoms with E-state index in [4.69, 9.17) is 4.74 Å². The Hall–Kier alpha value is -3.40. The molecule has 166 valence electrons. The van der Waals surface area contributed by atoms with Gasteiger partial charge in [-0.3, -0.25) is 4.79 Å². The molecule has 1 aliphatic heterocycles. The fraction of sp³-hybridized carbons (Fsp3) is 0.273. The number of fused-ring (bicyclic) bond motifs is 2. The van der Waals surface area contributed by atoms with E-state index in [1.807, 2.05) is 0 Å². The number of rotatable bonds is 4. The molecule has 1 aromatic heterocycles. The monoisotopic (exact) mass is 457 g/mol. The van der Waals surface area contributed by atoms with Gasteiger partial charge in [0.25, 0.3) is 15.6 Å². The quantitative estimate of drug-likeness (QED) is 0.623. The van der Waals surface area contributed by atoms with E-state index in [1.54, 1.807) is 6.07 Å². The number of nitrogens with zero attached hydrogens (tertiary/aromatic N) is 2. The molecule has 0 unspecified atom stereocenters. The molecule has 0 atom stereocenters. The number of amidine groups is 1. The zero-order valence-electron chi connectivity index (χ0n) is 17.1. The number of aromatic hydroxyl groups is 1. The van der Waals surface area contributed by atoms with Crippen LogP contribution in [0.5, 0.6) is 11.5 Å². The van der Waals surface area contributed by atoms with Crippen molar-refractivity contribution in [2.24, 2.45) is 10.3 Å². The fourth-order valence-corrected chi connectivity index (χ4v) is 5.25. The molecule has 5 rings (SSSR count). The number of benzene rings is 2. The van der Waals surface area contributed by atoms with Crippen LogP contribution in [0.1, 0.15) is 24.8 Å². The molecular weight excluding hydrogens is 437 g/mol. The van der Waals surface area contributed by atoms with Crippen LogP contribution in [-0.2, 0) is 16.6 Å². The first-order valence-electron chi connectivity index (χ1n) is 10.1. The largest absolute Gasteiger partial charge is 0.506 e. The lowest BCUT2D eigenvalue weighted by Crippen LogP contribution is -2.34. The smallest absolute Gasteiger partial charge is 0.286 e. The van der Waals surface area contributed by atoms with Gasteiger partial charge in [-0.15, -0.1) is 4.40 Å². The number of nitrogens with one attached hydrogen (secondary N) is 1. The molecule has 0 spiro atoms. The lowest BCUT2D eigenvalue weighted by Gasteiger charge is -2.27. The van der Waals surface area contributed by atoms with Crippen molar-refractivity contribution in [1.29, 1.82) is 0 Å². The number of hydrogen-bond acceptors (Lipinski definition) is 6. The maximum atomic E-state index is 14.0. The number of methoxy groups -OCH3 is 1. The van der Waals surface area contributed by atoms with Crippen molar-refractivity contribution < 1.29 is 22.7 Å². The van der Waals surface area contributed by atoms with Crippen LogP contribution in [-0.4, -0.2) is 31.0 Å². The summed E-state index contributed by atoms with van der Waals surface area (Å²) in [5, 5.41) is 13.9. The highest BCUT2D eigenvalue weighted by Gasteiger charge is 2.31. The third kappa shape index (κ3) is 3.22. The Morgan fingerprint density at radius 3 is 2.72 bits per heavy atom. The first-order chi connectivity index (χ1) is 15.3. The van der Waals surface area contributed by atoms with Gasteiger partial charge in [-0.05, 0) is 49.1 Å². The van der Waals surface area contributed by atoms with Gasteiger partial charge in [0.15, 0.2) is 5.84 Å². The van der Waals surface area contributed by atoms with E-state index in [2.05, 4.69) is 9.71 Å². The predicted octanol–water partition coefficient (Wildman–Crippen LogP) is 3.22. The van der Waals surface area contributed by atoms with Gasteiger partial charge >= 0.3 is 0 Å². The lowest BCUT2D eigenvalue weighted by molar-refractivity contribution is 0.277. The van der Waals surface area contributed by atoms with Crippen molar-refractivity contribution >= 4 is 32.4 Å². The molecule has 1 fully saturated rings. The summed E-state index contributed by atoms with van der Waals surface area (Å²) in [6.45, 7) is 0.391. The summed E-state index contributed by atoms with van der Waals surface area (Å²) < 4.78 is 50.0. The average Bonchev–Trinajstić information content (AvgIpc) is 2.72. The molecule has 8 nitrogen and oxygen atoms in total. The Labute approximate surface area is 183 Å². The van der Waals surface area contributed by atoms with Crippen LogP contribution in [0.25, 0.3) is 10.9 Å². The zero-order valence-corrected chi connectivity index (χ0v) is 17.9. The van der Waals surface area contributed by atoms with Crippen LogP contribution in [0.4, 0.5) is 10.1 Å². The number of ether oxygens (including phenoxy) is 1. The molecular formula is C22H20FN3O5S. The standard InChI is InChI=1S/C22H20FN3O5S/c1-31-14-6-7-16-18(10-14)32(29,30)25-21(24-16)19-20(27)15-9-13(23)5-8-17(15)26(22(19)28)11-12-3-2-4-12/h5-10,12,27H,2-4,11H2,1H3,(H,24,25). The summed E-state index contributed by atoms with van der Waals surface area (Å²) >= 11 is 0. The Balaban J connectivity index is 1.74. The molecule has 2 heterocycles. The van der Waals surface area contributed by atoms with E-state index in [-0.39, 0.29) is 33.3 Å². The Kier molecular flexibility index (Phi) is 4.70. The van der Waals surface area contributed by atoms with Crippen LogP contribution >= 0.6 is 0 Å². The van der Waals surface area contributed by atoms with Crippen LogP contribution in [0.15, 0.2) is 50.5 Å². The Morgan fingerprint density at radius 1 is 1.25 bits per heavy atom. The van der Waals surface area contributed by atoms with E-state index in [0.29, 0.717) is 17.8 Å². The number of pyridine rings is 1. The second-order valence-electron chi connectivity index (χ2n) is 8.00. The van der Waals surface area contributed by atoms with Gasteiger partial charge in [0.05, 0.1) is 18.3 Å². The Bertz CT molecular complexity index is 1460. The topological polar surface area (TPSA) is 110 Å². The third-order valence-electron chi connectivity index (χ3n) is 6.03. The number of hydrogen-bond donors (Lipinski definition) is 2. The van der Waals surface area contributed by atoms with E-state index in [0.717, 1.165) is 25.3 Å². The average molecular weight is 457 g/mol. The van der Waals surface area contributed by atoms with E-state index < -0.39 is 27.1 Å². The third-order valence-corrected chi connectivity index (χ3v) is 7.35. The molecule has 2 aromatic carbocycles. The van der Waals surface area contributed by atoms with Crippen LogP contribution in [0.2, 0.25) is 0 Å². The SMILES string of the molecule is COc1ccc2c(c1)S(=O)(=O)N=C(c1c(O)c3cc(F)ccc3n(CC3CCC3)c1=O)N2. The molecule has 2 aliphatic rings. The highest BCUT2D eigenvalue weighted by Crippen LogP contribution is 2.35. The molecule has 10 heteroatoms. The second kappa shape index (κ2) is 7.33. The van der Waals surface area contributed by atoms with Crippen LogP contribution in [0, 0.1) is 11.7 Å². The molecule has 0 bridgehead atoms. The predicted molar refractivity (Wildman–Crippen MR) is 118 cm³/mol. The first kappa shape index (κ1) is 20.5. The summed E-state index contributed by atoms with van der Waals surface area (Å²) in [5.41, 5.74) is -0.326.